The lowest BCUT2D eigenvalue weighted by Gasteiger charge is -2.23. The van der Waals surface area contributed by atoms with Crippen molar-refractivity contribution >= 4 is 0 Å². The number of aryl methyl sites for hydroxylation is 1. The van der Waals surface area contributed by atoms with E-state index in [2.05, 4.69) is 16.5 Å². The van der Waals surface area contributed by atoms with Gasteiger partial charge in [-0.05, 0) is 19.8 Å². The van der Waals surface area contributed by atoms with Gasteiger partial charge in [0.25, 0.3) is 0 Å². The van der Waals surface area contributed by atoms with Crippen molar-refractivity contribution < 1.29 is 4.74 Å². The summed E-state index contributed by atoms with van der Waals surface area (Å²) in [4.78, 5) is 4.27. The molecule has 1 aromatic heterocycles. The first-order chi connectivity index (χ1) is 7.73. The molecule has 0 aromatic carbocycles. The van der Waals surface area contributed by atoms with Gasteiger partial charge in [0.1, 0.15) is 12.4 Å². The Labute approximate surface area is 96.8 Å². The predicted molar refractivity (Wildman–Crippen MR) is 62.9 cm³/mol. The number of imidazole rings is 1. The zero-order chi connectivity index (χ0) is 11.4. The molecule has 1 aliphatic carbocycles. The molecule has 2 N–H and O–H groups in total. The van der Waals surface area contributed by atoms with E-state index < -0.39 is 0 Å². The molecule has 0 saturated heterocycles. The van der Waals surface area contributed by atoms with Crippen molar-refractivity contribution in [2.45, 2.75) is 51.3 Å². The van der Waals surface area contributed by atoms with Crippen LogP contribution < -0.4 is 5.73 Å². The van der Waals surface area contributed by atoms with Crippen molar-refractivity contribution in [3.8, 4) is 0 Å². The molecule has 0 bridgehead atoms. The highest BCUT2D eigenvalue weighted by Crippen LogP contribution is 2.27. The first kappa shape index (κ1) is 11.6. The molecule has 0 aliphatic heterocycles. The third kappa shape index (κ3) is 2.62. The number of ether oxygens (including phenoxy) is 1. The average Bonchev–Trinajstić information content (AvgIpc) is 2.88. The van der Waals surface area contributed by atoms with Crippen molar-refractivity contribution in [1.82, 2.24) is 9.55 Å². The Balaban J connectivity index is 1.79. The van der Waals surface area contributed by atoms with E-state index in [0.29, 0.717) is 13.2 Å². The second-order valence-corrected chi connectivity index (χ2v) is 4.69. The fourth-order valence-electron chi connectivity index (χ4n) is 2.34. The lowest BCUT2D eigenvalue weighted by atomic mass is 10.0. The number of hydrogen-bond acceptors (Lipinski definition) is 3. The maximum Gasteiger partial charge on any atom is 0.134 e. The van der Waals surface area contributed by atoms with Crippen LogP contribution in [0.1, 0.15) is 38.4 Å². The Kier molecular flexibility index (Phi) is 3.61. The van der Waals surface area contributed by atoms with Crippen molar-refractivity contribution in [3.63, 3.8) is 0 Å². The standard InChI is InChI=1S/C12H21N3O/c1-2-15-8-7-14-11(15)9-16-10-12(13)5-3-4-6-12/h7-8H,2-6,9-10,13H2,1H3. The third-order valence-corrected chi connectivity index (χ3v) is 3.36. The Morgan fingerprint density at radius 3 is 2.94 bits per heavy atom. The summed E-state index contributed by atoms with van der Waals surface area (Å²) in [6.07, 6.45) is 8.46. The number of hydrogen-bond donors (Lipinski definition) is 1. The summed E-state index contributed by atoms with van der Waals surface area (Å²) >= 11 is 0. The third-order valence-electron chi connectivity index (χ3n) is 3.36. The lowest BCUT2D eigenvalue weighted by molar-refractivity contribution is 0.0694. The molecule has 1 aliphatic rings. The molecule has 4 heteroatoms. The first-order valence-corrected chi connectivity index (χ1v) is 6.10. The smallest absolute Gasteiger partial charge is 0.134 e. The van der Waals surface area contributed by atoms with Crippen LogP contribution in [0.15, 0.2) is 12.4 Å². The predicted octanol–water partition coefficient (Wildman–Crippen LogP) is 1.69. The number of nitrogens with zero attached hydrogens (tertiary/aromatic N) is 2. The summed E-state index contributed by atoms with van der Waals surface area (Å²) in [5.74, 6) is 0.990. The Morgan fingerprint density at radius 2 is 2.25 bits per heavy atom. The number of rotatable bonds is 5. The van der Waals surface area contributed by atoms with Crippen molar-refractivity contribution in [1.29, 1.82) is 0 Å². The van der Waals surface area contributed by atoms with Gasteiger partial charge in [-0.3, -0.25) is 0 Å². The Hall–Kier alpha value is -0.870. The van der Waals surface area contributed by atoms with Crippen LogP contribution in [0, 0.1) is 0 Å². The molecule has 16 heavy (non-hydrogen) atoms. The summed E-state index contributed by atoms with van der Waals surface area (Å²) in [5.41, 5.74) is 6.14. The van der Waals surface area contributed by atoms with Gasteiger partial charge in [0.05, 0.1) is 6.61 Å². The van der Waals surface area contributed by atoms with Crippen LogP contribution in [0.4, 0.5) is 0 Å². The molecule has 1 heterocycles. The van der Waals surface area contributed by atoms with E-state index in [1.807, 2.05) is 12.4 Å². The topological polar surface area (TPSA) is 53.1 Å². The van der Waals surface area contributed by atoms with Gasteiger partial charge in [-0.15, -0.1) is 0 Å². The molecule has 90 valence electrons. The molecule has 0 unspecified atom stereocenters. The molecule has 2 rings (SSSR count). The van der Waals surface area contributed by atoms with Gasteiger partial charge >= 0.3 is 0 Å². The molecule has 0 spiro atoms. The molecular formula is C12H21N3O. The van der Waals surface area contributed by atoms with Gasteiger partial charge in [0.2, 0.25) is 0 Å². The summed E-state index contributed by atoms with van der Waals surface area (Å²) in [7, 11) is 0. The van der Waals surface area contributed by atoms with E-state index in [4.69, 9.17) is 10.5 Å². The fraction of sp³-hybridized carbons (Fsp3) is 0.750. The Morgan fingerprint density at radius 1 is 1.50 bits per heavy atom. The molecule has 1 fully saturated rings. The van der Waals surface area contributed by atoms with Crippen LogP contribution in [-0.4, -0.2) is 21.7 Å². The van der Waals surface area contributed by atoms with Crippen molar-refractivity contribution in [2.24, 2.45) is 5.73 Å². The van der Waals surface area contributed by atoms with Crippen molar-refractivity contribution in [3.05, 3.63) is 18.2 Å². The minimum Gasteiger partial charge on any atom is -0.372 e. The van der Waals surface area contributed by atoms with E-state index in [1.165, 1.54) is 12.8 Å². The number of nitrogens with two attached hydrogens (primary N) is 1. The average molecular weight is 223 g/mol. The first-order valence-electron chi connectivity index (χ1n) is 6.10. The summed E-state index contributed by atoms with van der Waals surface area (Å²) in [5, 5.41) is 0. The van der Waals surface area contributed by atoms with Crippen molar-refractivity contribution in [2.75, 3.05) is 6.61 Å². The molecule has 4 nitrogen and oxygen atoms in total. The zero-order valence-electron chi connectivity index (χ0n) is 9.98. The molecular weight excluding hydrogens is 202 g/mol. The summed E-state index contributed by atoms with van der Waals surface area (Å²) < 4.78 is 7.79. The van der Waals surface area contributed by atoms with E-state index >= 15 is 0 Å². The second kappa shape index (κ2) is 4.97. The highest BCUT2D eigenvalue weighted by molar-refractivity contribution is 4.92. The highest BCUT2D eigenvalue weighted by Gasteiger charge is 2.29. The van der Waals surface area contributed by atoms with Gasteiger partial charge in [0, 0.05) is 24.5 Å². The largest absolute Gasteiger partial charge is 0.372 e. The van der Waals surface area contributed by atoms with Crippen LogP contribution in [0.3, 0.4) is 0 Å². The van der Waals surface area contributed by atoms with E-state index in [9.17, 15) is 0 Å². The van der Waals surface area contributed by atoms with Gasteiger partial charge in [-0.2, -0.15) is 0 Å². The maximum atomic E-state index is 6.22. The van der Waals surface area contributed by atoms with E-state index in [1.54, 1.807) is 0 Å². The van der Waals surface area contributed by atoms with Crippen LogP contribution in [0.5, 0.6) is 0 Å². The van der Waals surface area contributed by atoms with E-state index in [0.717, 1.165) is 25.2 Å². The zero-order valence-corrected chi connectivity index (χ0v) is 9.98. The van der Waals surface area contributed by atoms with Crippen LogP contribution in [0.25, 0.3) is 0 Å². The van der Waals surface area contributed by atoms with Crippen LogP contribution in [-0.2, 0) is 17.9 Å². The Bertz CT molecular complexity index is 329. The second-order valence-electron chi connectivity index (χ2n) is 4.69. The van der Waals surface area contributed by atoms with Gasteiger partial charge < -0.3 is 15.0 Å². The summed E-state index contributed by atoms with van der Waals surface area (Å²) in [6.45, 7) is 4.27. The molecule has 0 atom stereocenters. The molecule has 0 radical (unpaired) electrons. The highest BCUT2D eigenvalue weighted by atomic mass is 16.5. The molecule has 1 saturated carbocycles. The van der Waals surface area contributed by atoms with Crippen LogP contribution >= 0.6 is 0 Å². The minimum absolute atomic E-state index is 0.0797. The quantitative estimate of drug-likeness (QED) is 0.826. The lowest BCUT2D eigenvalue weighted by Crippen LogP contribution is -2.41. The van der Waals surface area contributed by atoms with Gasteiger partial charge in [-0.1, -0.05) is 12.8 Å². The fourth-order valence-corrected chi connectivity index (χ4v) is 2.34. The maximum absolute atomic E-state index is 6.22. The SMILES string of the molecule is CCn1ccnc1COCC1(N)CCCC1. The van der Waals surface area contributed by atoms with Crippen LogP contribution in [0.2, 0.25) is 0 Å². The molecule has 0 amide bonds. The summed E-state index contributed by atoms with van der Waals surface area (Å²) in [6, 6.07) is 0. The van der Waals surface area contributed by atoms with Gasteiger partial charge in [0.15, 0.2) is 0 Å². The minimum atomic E-state index is -0.0797. The monoisotopic (exact) mass is 223 g/mol. The number of aromatic nitrogens is 2. The van der Waals surface area contributed by atoms with E-state index in [-0.39, 0.29) is 5.54 Å². The van der Waals surface area contributed by atoms with Gasteiger partial charge in [-0.25, -0.2) is 4.98 Å². The molecule has 1 aromatic rings. The normalized spacial score (nSPS) is 19.1.